The number of ketones is 1. The maximum atomic E-state index is 12.3. The largest absolute Gasteiger partial charge is 0.348 e. The van der Waals surface area contributed by atoms with Crippen LogP contribution >= 0.6 is 0 Å². The summed E-state index contributed by atoms with van der Waals surface area (Å²) in [4.78, 5) is 19.3. The Balaban J connectivity index is 2.18. The molecule has 0 aliphatic carbocycles. The number of aromatic amines is 1. The number of hydrogen-bond acceptors (Lipinski definition) is 2. The number of Topliss-reactive ketones (excluding diaryl/α,β-unsaturated/α-hetero) is 1. The van der Waals surface area contributed by atoms with Gasteiger partial charge in [0.1, 0.15) is 11.6 Å². The summed E-state index contributed by atoms with van der Waals surface area (Å²) < 4.78 is 0. The molecule has 0 saturated carbocycles. The zero-order chi connectivity index (χ0) is 12.3. The van der Waals surface area contributed by atoms with E-state index in [2.05, 4.69) is 9.97 Å². The molecule has 0 spiro atoms. The van der Waals surface area contributed by atoms with Crippen molar-refractivity contribution in [3.8, 4) is 0 Å². The minimum absolute atomic E-state index is 0.165. The van der Waals surface area contributed by atoms with E-state index in [0.717, 1.165) is 11.4 Å². The smallest absolute Gasteiger partial charge is 0.150 e. The van der Waals surface area contributed by atoms with Crippen molar-refractivity contribution in [1.29, 1.82) is 0 Å². The molecule has 0 amide bonds. The third-order valence-electron chi connectivity index (χ3n) is 3.08. The standard InChI is InChI=1S/C14H16N2O/c1-14(2,11-6-4-3-5-7-11)12(17)10-13-15-8-9-16-13/h3-9H,10H2,1-2H3,(H,15,16). The number of benzene rings is 1. The van der Waals surface area contributed by atoms with Crippen molar-refractivity contribution < 1.29 is 4.79 Å². The van der Waals surface area contributed by atoms with Crippen LogP contribution < -0.4 is 0 Å². The van der Waals surface area contributed by atoms with Crippen molar-refractivity contribution in [1.82, 2.24) is 9.97 Å². The molecule has 0 fully saturated rings. The van der Waals surface area contributed by atoms with Crippen LogP contribution in [0.1, 0.15) is 25.2 Å². The van der Waals surface area contributed by atoms with Gasteiger partial charge < -0.3 is 4.98 Å². The molecular weight excluding hydrogens is 212 g/mol. The highest BCUT2D eigenvalue weighted by Gasteiger charge is 2.29. The highest BCUT2D eigenvalue weighted by molar-refractivity contribution is 5.90. The number of aromatic nitrogens is 2. The number of carbonyl (C=O) groups is 1. The molecule has 88 valence electrons. The van der Waals surface area contributed by atoms with Crippen molar-refractivity contribution in [2.75, 3.05) is 0 Å². The van der Waals surface area contributed by atoms with Gasteiger partial charge in [0.15, 0.2) is 0 Å². The Hall–Kier alpha value is -1.90. The lowest BCUT2D eigenvalue weighted by atomic mass is 9.79. The minimum atomic E-state index is -0.478. The fraction of sp³-hybridized carbons (Fsp3) is 0.286. The highest BCUT2D eigenvalue weighted by atomic mass is 16.1. The summed E-state index contributed by atoms with van der Waals surface area (Å²) in [5.74, 6) is 0.887. The first-order valence-electron chi connectivity index (χ1n) is 5.68. The first kappa shape index (κ1) is 11.6. The van der Waals surface area contributed by atoms with Gasteiger partial charge in [0, 0.05) is 17.8 Å². The lowest BCUT2D eigenvalue weighted by Gasteiger charge is -2.23. The van der Waals surface area contributed by atoms with Crippen LogP contribution in [0.3, 0.4) is 0 Å². The first-order valence-corrected chi connectivity index (χ1v) is 5.68. The van der Waals surface area contributed by atoms with Crippen LogP contribution in [0.25, 0.3) is 0 Å². The number of nitrogens with one attached hydrogen (secondary N) is 1. The van der Waals surface area contributed by atoms with Gasteiger partial charge >= 0.3 is 0 Å². The quantitative estimate of drug-likeness (QED) is 0.873. The molecule has 0 aliphatic rings. The van der Waals surface area contributed by atoms with Gasteiger partial charge in [-0.05, 0) is 19.4 Å². The van der Waals surface area contributed by atoms with Gasteiger partial charge in [0.05, 0.1) is 6.42 Å². The van der Waals surface area contributed by atoms with E-state index >= 15 is 0 Å². The molecule has 0 aliphatic heterocycles. The molecule has 1 N–H and O–H groups in total. The number of carbonyl (C=O) groups excluding carboxylic acids is 1. The fourth-order valence-electron chi connectivity index (χ4n) is 1.78. The minimum Gasteiger partial charge on any atom is -0.348 e. The van der Waals surface area contributed by atoms with Crippen molar-refractivity contribution in [2.45, 2.75) is 25.7 Å². The van der Waals surface area contributed by atoms with Gasteiger partial charge in [-0.25, -0.2) is 4.98 Å². The van der Waals surface area contributed by atoms with E-state index in [1.807, 2.05) is 44.2 Å². The third kappa shape index (κ3) is 2.44. The van der Waals surface area contributed by atoms with Crippen LogP contribution in [-0.2, 0) is 16.6 Å². The summed E-state index contributed by atoms with van der Waals surface area (Å²) in [6.07, 6.45) is 3.74. The number of rotatable bonds is 4. The Kier molecular flexibility index (Phi) is 3.09. The van der Waals surface area contributed by atoms with Gasteiger partial charge in [0.25, 0.3) is 0 Å². The molecule has 17 heavy (non-hydrogen) atoms. The van der Waals surface area contributed by atoms with Crippen LogP contribution in [0, 0.1) is 0 Å². The van der Waals surface area contributed by atoms with Crippen molar-refractivity contribution in [3.05, 3.63) is 54.1 Å². The van der Waals surface area contributed by atoms with Crippen LogP contribution in [0.2, 0.25) is 0 Å². The van der Waals surface area contributed by atoms with Crippen LogP contribution in [0.5, 0.6) is 0 Å². The molecule has 0 atom stereocenters. The van der Waals surface area contributed by atoms with E-state index < -0.39 is 5.41 Å². The molecule has 1 heterocycles. The van der Waals surface area contributed by atoms with Crippen molar-refractivity contribution in [3.63, 3.8) is 0 Å². The number of H-pyrrole nitrogens is 1. The Labute approximate surface area is 101 Å². The molecule has 1 aromatic heterocycles. The lowest BCUT2D eigenvalue weighted by molar-refractivity contribution is -0.122. The van der Waals surface area contributed by atoms with Crippen LogP contribution in [0.4, 0.5) is 0 Å². The second-order valence-corrected chi connectivity index (χ2v) is 4.63. The fourth-order valence-corrected chi connectivity index (χ4v) is 1.78. The molecule has 2 aromatic rings. The molecule has 1 aromatic carbocycles. The Bertz CT molecular complexity index is 486. The first-order chi connectivity index (χ1) is 8.10. The molecule has 3 nitrogen and oxygen atoms in total. The molecule has 0 radical (unpaired) electrons. The molecule has 2 rings (SSSR count). The Morgan fingerprint density at radius 1 is 1.29 bits per heavy atom. The lowest BCUT2D eigenvalue weighted by Crippen LogP contribution is -2.30. The zero-order valence-electron chi connectivity index (χ0n) is 10.1. The zero-order valence-corrected chi connectivity index (χ0v) is 10.1. The number of imidazole rings is 1. The average molecular weight is 228 g/mol. The van der Waals surface area contributed by atoms with E-state index in [0.29, 0.717) is 6.42 Å². The van der Waals surface area contributed by atoms with E-state index in [1.165, 1.54) is 0 Å². The topological polar surface area (TPSA) is 45.8 Å². The van der Waals surface area contributed by atoms with Gasteiger partial charge in [-0.1, -0.05) is 30.3 Å². The second-order valence-electron chi connectivity index (χ2n) is 4.63. The second kappa shape index (κ2) is 4.53. The summed E-state index contributed by atoms with van der Waals surface area (Å²) in [5, 5.41) is 0. The molecule has 0 unspecified atom stereocenters. The summed E-state index contributed by atoms with van der Waals surface area (Å²) >= 11 is 0. The summed E-state index contributed by atoms with van der Waals surface area (Å²) in [6.45, 7) is 3.90. The normalized spacial score (nSPS) is 11.4. The van der Waals surface area contributed by atoms with E-state index in [-0.39, 0.29) is 5.78 Å². The maximum absolute atomic E-state index is 12.3. The molecule has 0 saturated heterocycles. The van der Waals surface area contributed by atoms with Gasteiger partial charge in [0.2, 0.25) is 0 Å². The van der Waals surface area contributed by atoms with E-state index in [9.17, 15) is 4.79 Å². The Morgan fingerprint density at radius 2 is 2.00 bits per heavy atom. The summed E-state index contributed by atoms with van der Waals surface area (Å²) in [5.41, 5.74) is 0.560. The Morgan fingerprint density at radius 3 is 2.59 bits per heavy atom. The third-order valence-corrected chi connectivity index (χ3v) is 3.08. The van der Waals surface area contributed by atoms with Crippen molar-refractivity contribution >= 4 is 5.78 Å². The van der Waals surface area contributed by atoms with E-state index in [4.69, 9.17) is 0 Å². The molecule has 3 heteroatoms. The van der Waals surface area contributed by atoms with Gasteiger partial charge in [-0.3, -0.25) is 4.79 Å². The maximum Gasteiger partial charge on any atom is 0.150 e. The van der Waals surface area contributed by atoms with Gasteiger partial charge in [-0.15, -0.1) is 0 Å². The predicted molar refractivity (Wildman–Crippen MR) is 66.8 cm³/mol. The van der Waals surface area contributed by atoms with E-state index in [1.54, 1.807) is 12.4 Å². The average Bonchev–Trinajstić information content (AvgIpc) is 2.83. The monoisotopic (exact) mass is 228 g/mol. The van der Waals surface area contributed by atoms with Crippen LogP contribution in [0.15, 0.2) is 42.7 Å². The highest BCUT2D eigenvalue weighted by Crippen LogP contribution is 2.25. The van der Waals surface area contributed by atoms with Crippen molar-refractivity contribution in [2.24, 2.45) is 0 Å². The molecular formula is C14H16N2O. The SMILES string of the molecule is CC(C)(C(=O)Cc1ncc[nH]1)c1ccccc1. The summed E-state index contributed by atoms with van der Waals surface area (Å²) in [6, 6.07) is 9.84. The predicted octanol–water partition coefficient (Wildman–Crippen LogP) is 2.50. The molecule has 0 bridgehead atoms. The summed E-state index contributed by atoms with van der Waals surface area (Å²) in [7, 11) is 0. The number of nitrogens with zero attached hydrogens (tertiary/aromatic N) is 1. The van der Waals surface area contributed by atoms with Gasteiger partial charge in [-0.2, -0.15) is 0 Å². The number of hydrogen-bond donors (Lipinski definition) is 1. The van der Waals surface area contributed by atoms with Crippen LogP contribution in [-0.4, -0.2) is 15.8 Å².